The topological polar surface area (TPSA) is 150 Å². The van der Waals surface area contributed by atoms with Crippen LogP contribution in [0.4, 0.5) is 5.82 Å². The summed E-state index contributed by atoms with van der Waals surface area (Å²) in [5, 5.41) is 38.8. The van der Waals surface area contributed by atoms with Gasteiger partial charge in [0.25, 0.3) is 0 Å². The number of aliphatic hydroxyl groups excluding tert-OH is 3. The lowest BCUT2D eigenvalue weighted by Crippen LogP contribution is -2.38. The van der Waals surface area contributed by atoms with Crippen molar-refractivity contribution in [2.24, 2.45) is 0 Å². The fourth-order valence-electron chi connectivity index (χ4n) is 2.07. The summed E-state index contributed by atoms with van der Waals surface area (Å²) in [6.07, 6.45) is -1.37. The van der Waals surface area contributed by atoms with Crippen LogP contribution < -0.4 is 5.73 Å². The van der Waals surface area contributed by atoms with Gasteiger partial charge in [-0.2, -0.15) is 5.26 Å². The van der Waals surface area contributed by atoms with Crippen molar-refractivity contribution in [2.75, 3.05) is 19.5 Å². The number of hydrogen-bond donors (Lipinski definition) is 4. The van der Waals surface area contributed by atoms with E-state index < -0.39 is 25.0 Å². The number of nitrogens with two attached hydrogens (primary N) is 1. The first-order valence-electron chi connectivity index (χ1n) is 6.06. The normalized spacial score (nSPS) is 15.6. The maximum Gasteiger partial charge on any atom is 0.160 e. The summed E-state index contributed by atoms with van der Waals surface area (Å²) in [6, 6.07) is 1.93. The molecule has 0 saturated heterocycles. The number of ether oxygens (including phenoxy) is 1. The highest BCUT2D eigenvalue weighted by Crippen LogP contribution is 2.27. The molecule has 0 amide bonds. The van der Waals surface area contributed by atoms with Crippen molar-refractivity contribution < 1.29 is 20.1 Å². The van der Waals surface area contributed by atoms with Crippen LogP contribution in [0, 0.1) is 11.3 Å². The van der Waals surface area contributed by atoms with Gasteiger partial charge in [-0.25, -0.2) is 9.97 Å². The number of nitrogen functional groups attached to an aromatic ring is 1. The van der Waals surface area contributed by atoms with Crippen LogP contribution in [0.1, 0.15) is 11.8 Å². The summed E-state index contributed by atoms with van der Waals surface area (Å²) in [5.74, 6) is 0.0995. The Morgan fingerprint density at radius 1 is 1.48 bits per heavy atom. The molecule has 112 valence electrons. The molecule has 2 heterocycles. The van der Waals surface area contributed by atoms with Crippen molar-refractivity contribution in [1.82, 2.24) is 14.5 Å². The molecule has 21 heavy (non-hydrogen) atoms. The zero-order chi connectivity index (χ0) is 15.6. The third kappa shape index (κ3) is 2.53. The smallest absolute Gasteiger partial charge is 0.160 e. The molecule has 0 bridgehead atoms. The Hall–Kier alpha value is -2.25. The molecule has 3 unspecified atom stereocenters. The maximum absolute atomic E-state index is 10.2. The Bertz CT molecular complexity index is 676. The molecular formula is C12H15N5O4. The first kappa shape index (κ1) is 15.1. The van der Waals surface area contributed by atoms with Crippen molar-refractivity contribution in [3.63, 3.8) is 0 Å². The quantitative estimate of drug-likeness (QED) is 0.533. The van der Waals surface area contributed by atoms with Crippen LogP contribution in [0.15, 0.2) is 12.5 Å². The standard InChI is InChI=1S/C12H15N5O4/c1-21-7(4-18)9(19)12(20)17-3-6(2-13)8-10(14)15-5-16-11(8)17/h3,5,7,9,12,18-20H,4H2,1H3,(H2,14,15,16). The van der Waals surface area contributed by atoms with E-state index in [4.69, 9.17) is 20.8 Å². The number of hydrogen-bond acceptors (Lipinski definition) is 8. The van der Waals surface area contributed by atoms with Gasteiger partial charge in [0, 0.05) is 13.3 Å². The van der Waals surface area contributed by atoms with Crippen LogP contribution in [0.5, 0.6) is 0 Å². The van der Waals surface area contributed by atoms with E-state index in [1.807, 2.05) is 6.07 Å². The third-order valence-electron chi connectivity index (χ3n) is 3.21. The minimum Gasteiger partial charge on any atom is -0.394 e. The summed E-state index contributed by atoms with van der Waals surface area (Å²) in [6.45, 7) is -0.476. The lowest BCUT2D eigenvalue weighted by atomic mass is 10.2. The molecule has 3 atom stereocenters. The van der Waals surface area contributed by atoms with Gasteiger partial charge in [0.2, 0.25) is 0 Å². The molecule has 2 rings (SSSR count). The fraction of sp³-hybridized carbons (Fsp3) is 0.417. The Kier molecular flexibility index (Phi) is 4.35. The van der Waals surface area contributed by atoms with Crippen molar-refractivity contribution in [2.45, 2.75) is 18.4 Å². The fourth-order valence-corrected chi connectivity index (χ4v) is 2.07. The Labute approximate surface area is 119 Å². The molecule has 0 aliphatic heterocycles. The molecule has 9 heteroatoms. The number of fused-ring (bicyclic) bond motifs is 1. The van der Waals surface area contributed by atoms with E-state index in [1.165, 1.54) is 24.2 Å². The molecule has 0 spiro atoms. The summed E-state index contributed by atoms with van der Waals surface area (Å²) in [7, 11) is 1.30. The molecule has 5 N–H and O–H groups in total. The van der Waals surface area contributed by atoms with E-state index in [0.717, 1.165) is 0 Å². The number of nitrogens with zero attached hydrogens (tertiary/aromatic N) is 4. The Morgan fingerprint density at radius 3 is 2.76 bits per heavy atom. The molecule has 2 aromatic heterocycles. The van der Waals surface area contributed by atoms with Crippen molar-refractivity contribution in [3.8, 4) is 6.07 Å². The minimum absolute atomic E-state index is 0.0995. The van der Waals surface area contributed by atoms with Crippen LogP contribution in [-0.4, -0.2) is 55.8 Å². The van der Waals surface area contributed by atoms with Crippen LogP contribution in [-0.2, 0) is 4.74 Å². The molecule has 0 radical (unpaired) electrons. The van der Waals surface area contributed by atoms with Gasteiger partial charge in [0.15, 0.2) is 6.23 Å². The average Bonchev–Trinajstić information content (AvgIpc) is 2.87. The SMILES string of the molecule is COC(CO)C(O)C(O)n1cc(C#N)c2c(N)ncnc21. The van der Waals surface area contributed by atoms with Crippen molar-refractivity contribution in [1.29, 1.82) is 5.26 Å². The predicted octanol–water partition coefficient (Wildman–Crippen LogP) is -1.26. The highest BCUT2D eigenvalue weighted by Gasteiger charge is 2.29. The number of rotatable bonds is 5. The predicted molar refractivity (Wildman–Crippen MR) is 71.8 cm³/mol. The van der Waals surface area contributed by atoms with E-state index in [9.17, 15) is 10.2 Å². The van der Waals surface area contributed by atoms with Crippen LogP contribution in [0.25, 0.3) is 11.0 Å². The number of aliphatic hydroxyl groups is 3. The second-order valence-electron chi connectivity index (χ2n) is 4.38. The second kappa shape index (κ2) is 6.02. The van der Waals surface area contributed by atoms with Gasteiger partial charge in [0.1, 0.15) is 36.1 Å². The molecule has 0 aliphatic rings. The van der Waals surface area contributed by atoms with E-state index in [-0.39, 0.29) is 17.0 Å². The van der Waals surface area contributed by atoms with Gasteiger partial charge >= 0.3 is 0 Å². The number of aromatic nitrogens is 3. The maximum atomic E-state index is 10.2. The van der Waals surface area contributed by atoms with E-state index in [2.05, 4.69) is 9.97 Å². The third-order valence-corrected chi connectivity index (χ3v) is 3.21. The van der Waals surface area contributed by atoms with Gasteiger partial charge in [-0.1, -0.05) is 0 Å². The van der Waals surface area contributed by atoms with Crippen LogP contribution >= 0.6 is 0 Å². The molecule has 9 nitrogen and oxygen atoms in total. The zero-order valence-corrected chi connectivity index (χ0v) is 11.2. The summed E-state index contributed by atoms with van der Waals surface area (Å²) in [4.78, 5) is 7.77. The molecule has 0 saturated carbocycles. The van der Waals surface area contributed by atoms with Crippen LogP contribution in [0.3, 0.4) is 0 Å². The summed E-state index contributed by atoms with van der Waals surface area (Å²) in [5.41, 5.74) is 6.09. The largest absolute Gasteiger partial charge is 0.394 e. The molecule has 2 aromatic rings. The van der Waals surface area contributed by atoms with Gasteiger partial charge < -0.3 is 30.4 Å². The second-order valence-corrected chi connectivity index (χ2v) is 4.38. The van der Waals surface area contributed by atoms with Gasteiger partial charge in [0.05, 0.1) is 17.6 Å². The minimum atomic E-state index is -1.47. The Balaban J connectivity index is 2.52. The molecule has 0 aliphatic carbocycles. The number of methoxy groups -OCH3 is 1. The van der Waals surface area contributed by atoms with E-state index >= 15 is 0 Å². The van der Waals surface area contributed by atoms with Gasteiger partial charge in [-0.15, -0.1) is 0 Å². The summed E-state index contributed by atoms with van der Waals surface area (Å²) >= 11 is 0. The summed E-state index contributed by atoms with van der Waals surface area (Å²) < 4.78 is 6.07. The first-order chi connectivity index (χ1) is 10.0. The highest BCUT2D eigenvalue weighted by molar-refractivity contribution is 5.91. The Morgan fingerprint density at radius 2 is 2.19 bits per heavy atom. The van der Waals surface area contributed by atoms with Crippen molar-refractivity contribution in [3.05, 3.63) is 18.1 Å². The van der Waals surface area contributed by atoms with Gasteiger partial charge in [-0.3, -0.25) is 0 Å². The lowest BCUT2D eigenvalue weighted by Gasteiger charge is -2.25. The molecular weight excluding hydrogens is 278 g/mol. The highest BCUT2D eigenvalue weighted by atomic mass is 16.5. The van der Waals surface area contributed by atoms with Gasteiger partial charge in [-0.05, 0) is 0 Å². The van der Waals surface area contributed by atoms with E-state index in [0.29, 0.717) is 5.39 Å². The molecule has 0 aromatic carbocycles. The lowest BCUT2D eigenvalue weighted by molar-refractivity contribution is -0.115. The first-order valence-corrected chi connectivity index (χ1v) is 6.06. The van der Waals surface area contributed by atoms with Crippen LogP contribution in [0.2, 0.25) is 0 Å². The zero-order valence-electron chi connectivity index (χ0n) is 11.2. The van der Waals surface area contributed by atoms with Crippen molar-refractivity contribution >= 4 is 16.9 Å². The average molecular weight is 293 g/mol. The number of anilines is 1. The van der Waals surface area contributed by atoms with E-state index in [1.54, 1.807) is 0 Å². The monoisotopic (exact) mass is 293 g/mol. The number of nitriles is 1. The molecule has 0 fully saturated rings.